The standard InChI is InChI=1S/C17H18FNO3/c1-22-16-7-6-14(10-15(16)18)17(21)19-9-8-12-2-4-13(11-20)5-3-12/h2-7,10,20H,8-9,11H2,1H3,(H,19,21). The number of ether oxygens (including phenoxy) is 1. The fourth-order valence-electron chi connectivity index (χ4n) is 2.04. The molecule has 2 aromatic rings. The molecule has 116 valence electrons. The first-order valence-electron chi connectivity index (χ1n) is 6.94. The molecule has 1 amide bonds. The molecule has 4 nitrogen and oxygen atoms in total. The van der Waals surface area contributed by atoms with Crippen molar-refractivity contribution in [1.29, 1.82) is 0 Å². The first-order chi connectivity index (χ1) is 10.6. The molecule has 0 bridgehead atoms. The first kappa shape index (κ1) is 16.0. The van der Waals surface area contributed by atoms with Crippen LogP contribution >= 0.6 is 0 Å². The van der Waals surface area contributed by atoms with Crippen molar-refractivity contribution in [1.82, 2.24) is 5.32 Å². The molecule has 5 heteroatoms. The molecule has 2 rings (SSSR count). The minimum atomic E-state index is -0.560. The molecular weight excluding hydrogens is 285 g/mol. The van der Waals surface area contributed by atoms with Gasteiger partial charge in [-0.15, -0.1) is 0 Å². The maximum Gasteiger partial charge on any atom is 0.251 e. The largest absolute Gasteiger partial charge is 0.494 e. The minimum absolute atomic E-state index is 0.0139. The molecule has 0 aliphatic rings. The fourth-order valence-corrected chi connectivity index (χ4v) is 2.04. The van der Waals surface area contributed by atoms with Gasteiger partial charge in [-0.1, -0.05) is 24.3 Å². The van der Waals surface area contributed by atoms with Crippen molar-refractivity contribution >= 4 is 5.91 Å². The zero-order chi connectivity index (χ0) is 15.9. The van der Waals surface area contributed by atoms with Crippen molar-refractivity contribution in [3.8, 4) is 5.75 Å². The van der Waals surface area contributed by atoms with Gasteiger partial charge in [-0.3, -0.25) is 4.79 Å². The highest BCUT2D eigenvalue weighted by Gasteiger charge is 2.09. The highest BCUT2D eigenvalue weighted by atomic mass is 19.1. The number of carbonyl (C=O) groups is 1. The van der Waals surface area contributed by atoms with Gasteiger partial charge in [-0.05, 0) is 35.7 Å². The predicted molar refractivity (Wildman–Crippen MR) is 81.4 cm³/mol. The summed E-state index contributed by atoms with van der Waals surface area (Å²) in [4.78, 5) is 11.9. The van der Waals surface area contributed by atoms with Gasteiger partial charge in [0.05, 0.1) is 13.7 Å². The number of halogens is 1. The lowest BCUT2D eigenvalue weighted by Crippen LogP contribution is -2.25. The molecule has 0 heterocycles. The molecule has 2 N–H and O–H groups in total. The van der Waals surface area contributed by atoms with Crippen LogP contribution in [0.3, 0.4) is 0 Å². The minimum Gasteiger partial charge on any atom is -0.494 e. The molecule has 0 radical (unpaired) electrons. The Labute approximate surface area is 128 Å². The third-order valence-corrected chi connectivity index (χ3v) is 3.32. The quantitative estimate of drug-likeness (QED) is 0.861. The molecule has 0 aliphatic heterocycles. The van der Waals surface area contributed by atoms with Gasteiger partial charge in [-0.25, -0.2) is 4.39 Å². The predicted octanol–water partition coefficient (Wildman–Crippen LogP) is 2.30. The fraction of sp³-hybridized carbons (Fsp3) is 0.235. The van der Waals surface area contributed by atoms with Crippen LogP contribution in [-0.4, -0.2) is 24.7 Å². The van der Waals surface area contributed by atoms with Gasteiger partial charge in [-0.2, -0.15) is 0 Å². The van der Waals surface area contributed by atoms with Crippen molar-refractivity contribution in [2.45, 2.75) is 13.0 Å². The summed E-state index contributed by atoms with van der Waals surface area (Å²) in [7, 11) is 1.38. The Morgan fingerprint density at radius 3 is 2.45 bits per heavy atom. The number of hydrogen-bond acceptors (Lipinski definition) is 3. The van der Waals surface area contributed by atoms with Gasteiger partial charge in [0.2, 0.25) is 0 Å². The summed E-state index contributed by atoms with van der Waals surface area (Å²) in [5, 5.41) is 11.7. The molecule has 0 atom stereocenters. The number of hydrogen-bond donors (Lipinski definition) is 2. The van der Waals surface area contributed by atoms with Crippen molar-refractivity contribution < 1.29 is 19.0 Å². The van der Waals surface area contributed by atoms with Gasteiger partial charge >= 0.3 is 0 Å². The summed E-state index contributed by atoms with van der Waals surface area (Å²) in [6, 6.07) is 11.6. The number of carbonyl (C=O) groups excluding carboxylic acids is 1. The van der Waals surface area contributed by atoms with Gasteiger partial charge in [0.25, 0.3) is 5.91 Å². The number of aliphatic hydroxyl groups excluding tert-OH is 1. The summed E-state index contributed by atoms with van der Waals surface area (Å²) >= 11 is 0. The van der Waals surface area contributed by atoms with Gasteiger partial charge in [0.1, 0.15) is 0 Å². The lowest BCUT2D eigenvalue weighted by molar-refractivity contribution is 0.0953. The Morgan fingerprint density at radius 1 is 1.18 bits per heavy atom. The second-order valence-electron chi connectivity index (χ2n) is 4.83. The zero-order valence-electron chi connectivity index (χ0n) is 12.3. The van der Waals surface area contributed by atoms with E-state index in [1.54, 1.807) is 0 Å². The van der Waals surface area contributed by atoms with Crippen molar-refractivity contribution in [2.24, 2.45) is 0 Å². The van der Waals surface area contributed by atoms with Gasteiger partial charge in [0.15, 0.2) is 11.6 Å². The van der Waals surface area contributed by atoms with E-state index in [2.05, 4.69) is 5.32 Å². The Kier molecular flexibility index (Phi) is 5.49. The normalized spacial score (nSPS) is 10.3. The second kappa shape index (κ2) is 7.56. The number of nitrogens with one attached hydrogen (secondary N) is 1. The zero-order valence-corrected chi connectivity index (χ0v) is 12.3. The number of methoxy groups -OCH3 is 1. The van der Waals surface area contributed by atoms with E-state index < -0.39 is 5.82 Å². The molecule has 0 aliphatic carbocycles. The summed E-state index contributed by atoms with van der Waals surface area (Å²) in [5.41, 5.74) is 2.16. The third kappa shape index (κ3) is 4.05. The van der Waals surface area contributed by atoms with E-state index in [4.69, 9.17) is 9.84 Å². The molecule has 0 unspecified atom stereocenters. The number of benzene rings is 2. The third-order valence-electron chi connectivity index (χ3n) is 3.32. The number of amides is 1. The Hall–Kier alpha value is -2.40. The van der Waals surface area contributed by atoms with E-state index >= 15 is 0 Å². The van der Waals surface area contributed by atoms with Gasteiger partial charge < -0.3 is 15.2 Å². The molecule has 0 aromatic heterocycles. The molecule has 0 saturated heterocycles. The van der Waals surface area contributed by atoms with E-state index in [0.29, 0.717) is 13.0 Å². The molecule has 0 saturated carbocycles. The van der Waals surface area contributed by atoms with Crippen LogP contribution in [0.15, 0.2) is 42.5 Å². The first-order valence-corrected chi connectivity index (χ1v) is 6.94. The average Bonchev–Trinajstić information content (AvgIpc) is 2.55. The van der Waals surface area contributed by atoms with Crippen LogP contribution in [0.4, 0.5) is 4.39 Å². The average molecular weight is 303 g/mol. The van der Waals surface area contributed by atoms with Crippen LogP contribution in [0.1, 0.15) is 21.5 Å². The lowest BCUT2D eigenvalue weighted by atomic mass is 10.1. The highest BCUT2D eigenvalue weighted by molar-refractivity contribution is 5.94. The monoisotopic (exact) mass is 303 g/mol. The Bertz CT molecular complexity index is 641. The molecule has 2 aromatic carbocycles. The summed E-state index contributed by atoms with van der Waals surface area (Å²) in [6.07, 6.45) is 0.663. The van der Waals surface area contributed by atoms with Crippen LogP contribution in [0.5, 0.6) is 5.75 Å². The van der Waals surface area contributed by atoms with E-state index in [-0.39, 0.29) is 23.8 Å². The van der Waals surface area contributed by atoms with Crippen LogP contribution in [0, 0.1) is 5.82 Å². The molecule has 0 spiro atoms. The van der Waals surface area contributed by atoms with Crippen molar-refractivity contribution in [3.63, 3.8) is 0 Å². The van der Waals surface area contributed by atoms with Crippen LogP contribution in [0.2, 0.25) is 0 Å². The smallest absolute Gasteiger partial charge is 0.251 e. The van der Waals surface area contributed by atoms with Crippen LogP contribution in [-0.2, 0) is 13.0 Å². The Morgan fingerprint density at radius 2 is 1.86 bits per heavy atom. The number of aliphatic hydroxyl groups is 1. The number of rotatable bonds is 6. The summed E-state index contributed by atoms with van der Waals surface area (Å²) in [6.45, 7) is 0.463. The summed E-state index contributed by atoms with van der Waals surface area (Å²) in [5.74, 6) is -0.774. The maximum atomic E-state index is 13.5. The van der Waals surface area contributed by atoms with Gasteiger partial charge in [0, 0.05) is 12.1 Å². The van der Waals surface area contributed by atoms with Crippen molar-refractivity contribution in [2.75, 3.05) is 13.7 Å². The molecular formula is C17H18FNO3. The van der Waals surface area contributed by atoms with Crippen LogP contribution in [0.25, 0.3) is 0 Å². The summed E-state index contributed by atoms with van der Waals surface area (Å²) < 4.78 is 18.4. The highest BCUT2D eigenvalue weighted by Crippen LogP contribution is 2.17. The SMILES string of the molecule is COc1ccc(C(=O)NCCc2ccc(CO)cc2)cc1F. The van der Waals surface area contributed by atoms with E-state index in [9.17, 15) is 9.18 Å². The van der Waals surface area contributed by atoms with E-state index in [1.807, 2.05) is 24.3 Å². The maximum absolute atomic E-state index is 13.5. The Balaban J connectivity index is 1.88. The second-order valence-corrected chi connectivity index (χ2v) is 4.83. The van der Waals surface area contributed by atoms with E-state index in [1.165, 1.54) is 19.2 Å². The lowest BCUT2D eigenvalue weighted by Gasteiger charge is -2.07. The molecule has 0 fully saturated rings. The van der Waals surface area contributed by atoms with Crippen LogP contribution < -0.4 is 10.1 Å². The molecule has 22 heavy (non-hydrogen) atoms. The van der Waals surface area contributed by atoms with Crippen molar-refractivity contribution in [3.05, 3.63) is 65.0 Å². The topological polar surface area (TPSA) is 58.6 Å². The van der Waals surface area contributed by atoms with E-state index in [0.717, 1.165) is 17.2 Å².